The van der Waals surface area contributed by atoms with Crippen LogP contribution in [0.3, 0.4) is 0 Å². The molecule has 1 aromatic carbocycles. The number of rotatable bonds is 5. The molecule has 2 aliphatic rings. The van der Waals surface area contributed by atoms with Gasteiger partial charge in [0.25, 0.3) is 5.56 Å². The SMILES string of the molecule is Cc1nc2c(NC(=O)CC3CCC(NC(=O)OC(C)(C)C)CC3)cccc2c(=O)n1C1CCC(=O)NC1=O. The monoisotopic (exact) mass is 525 g/mol. The fourth-order valence-electron chi connectivity index (χ4n) is 5.17. The summed E-state index contributed by atoms with van der Waals surface area (Å²) in [4.78, 5) is 66.7. The van der Waals surface area contributed by atoms with E-state index in [9.17, 15) is 24.0 Å². The number of benzene rings is 1. The first kappa shape index (κ1) is 27.3. The number of carbonyl (C=O) groups is 4. The Balaban J connectivity index is 1.40. The summed E-state index contributed by atoms with van der Waals surface area (Å²) in [6.45, 7) is 7.10. The number of aryl methyl sites for hydroxylation is 1. The number of amides is 4. The van der Waals surface area contributed by atoms with Crippen molar-refractivity contribution >= 4 is 40.4 Å². The number of anilines is 1. The summed E-state index contributed by atoms with van der Waals surface area (Å²) in [5.41, 5.74) is -0.152. The third-order valence-corrected chi connectivity index (χ3v) is 6.95. The molecule has 1 unspecified atom stereocenters. The van der Waals surface area contributed by atoms with Crippen LogP contribution in [0.2, 0.25) is 0 Å². The first-order chi connectivity index (χ1) is 17.9. The van der Waals surface area contributed by atoms with Gasteiger partial charge in [-0.05, 0) is 77.8 Å². The van der Waals surface area contributed by atoms with Gasteiger partial charge < -0.3 is 15.4 Å². The molecule has 0 bridgehead atoms. The zero-order chi connectivity index (χ0) is 27.6. The number of piperidine rings is 1. The first-order valence-corrected chi connectivity index (χ1v) is 13.1. The maximum Gasteiger partial charge on any atom is 0.407 e. The second-order valence-electron chi connectivity index (χ2n) is 11.1. The minimum Gasteiger partial charge on any atom is -0.444 e. The van der Waals surface area contributed by atoms with E-state index < -0.39 is 29.2 Å². The number of ether oxygens (including phenoxy) is 1. The molecule has 0 radical (unpaired) electrons. The Hall–Kier alpha value is -3.76. The number of para-hydroxylation sites is 1. The van der Waals surface area contributed by atoms with E-state index in [4.69, 9.17) is 4.74 Å². The minimum absolute atomic E-state index is 0.0286. The fraction of sp³-hybridized carbons (Fsp3) is 0.556. The molecule has 38 heavy (non-hydrogen) atoms. The molecule has 3 N–H and O–H groups in total. The van der Waals surface area contributed by atoms with E-state index in [0.29, 0.717) is 23.4 Å². The summed E-state index contributed by atoms with van der Waals surface area (Å²) in [5.74, 6) is -0.540. The average Bonchev–Trinajstić information content (AvgIpc) is 2.81. The Morgan fingerprint density at radius 3 is 2.47 bits per heavy atom. The van der Waals surface area contributed by atoms with Crippen LogP contribution in [0.15, 0.2) is 23.0 Å². The highest BCUT2D eigenvalue weighted by Crippen LogP contribution is 2.29. The first-order valence-electron chi connectivity index (χ1n) is 13.1. The van der Waals surface area contributed by atoms with Gasteiger partial charge in [-0.15, -0.1) is 0 Å². The van der Waals surface area contributed by atoms with Gasteiger partial charge in [0, 0.05) is 18.9 Å². The van der Waals surface area contributed by atoms with Crippen LogP contribution in [0.1, 0.15) is 77.6 Å². The Labute approximate surface area is 220 Å². The summed E-state index contributed by atoms with van der Waals surface area (Å²) >= 11 is 0. The van der Waals surface area contributed by atoms with Crippen molar-refractivity contribution in [1.82, 2.24) is 20.2 Å². The number of nitrogens with zero attached hydrogens (tertiary/aromatic N) is 2. The Morgan fingerprint density at radius 1 is 1.11 bits per heavy atom. The lowest BCUT2D eigenvalue weighted by molar-refractivity contribution is -0.135. The topological polar surface area (TPSA) is 148 Å². The molecule has 2 heterocycles. The number of nitrogens with one attached hydrogen (secondary N) is 3. The smallest absolute Gasteiger partial charge is 0.407 e. The predicted molar refractivity (Wildman–Crippen MR) is 141 cm³/mol. The van der Waals surface area contributed by atoms with Gasteiger partial charge in [0.1, 0.15) is 23.0 Å². The van der Waals surface area contributed by atoms with Crippen molar-refractivity contribution < 1.29 is 23.9 Å². The van der Waals surface area contributed by atoms with Gasteiger partial charge in [-0.25, -0.2) is 9.78 Å². The lowest BCUT2D eigenvalue weighted by Crippen LogP contribution is -2.45. The highest BCUT2D eigenvalue weighted by Gasteiger charge is 2.31. The normalized spacial score (nSPS) is 22.1. The van der Waals surface area contributed by atoms with E-state index in [-0.39, 0.29) is 42.0 Å². The van der Waals surface area contributed by atoms with E-state index in [0.717, 1.165) is 25.7 Å². The zero-order valence-electron chi connectivity index (χ0n) is 22.3. The highest BCUT2D eigenvalue weighted by molar-refractivity contribution is 6.01. The van der Waals surface area contributed by atoms with Crippen molar-refractivity contribution in [3.63, 3.8) is 0 Å². The summed E-state index contributed by atoms with van der Waals surface area (Å²) in [6.07, 6.45) is 3.42. The van der Waals surface area contributed by atoms with Gasteiger partial charge in [-0.2, -0.15) is 0 Å². The van der Waals surface area contributed by atoms with Crippen LogP contribution in [0, 0.1) is 12.8 Å². The second-order valence-corrected chi connectivity index (χ2v) is 11.1. The van der Waals surface area contributed by atoms with Crippen LogP contribution >= 0.6 is 0 Å². The summed E-state index contributed by atoms with van der Waals surface area (Å²) in [5, 5.41) is 8.38. The number of aromatic nitrogens is 2. The van der Waals surface area contributed by atoms with Crippen LogP contribution in [0.25, 0.3) is 10.9 Å². The molecule has 11 heteroatoms. The van der Waals surface area contributed by atoms with Crippen LogP contribution in [0.5, 0.6) is 0 Å². The van der Waals surface area contributed by atoms with Crippen LogP contribution in [-0.2, 0) is 19.1 Å². The third-order valence-electron chi connectivity index (χ3n) is 6.95. The average molecular weight is 526 g/mol. The molecule has 1 saturated carbocycles. The van der Waals surface area contributed by atoms with Crippen molar-refractivity contribution in [2.75, 3.05) is 5.32 Å². The zero-order valence-corrected chi connectivity index (χ0v) is 22.3. The summed E-state index contributed by atoms with van der Waals surface area (Å²) < 4.78 is 6.64. The molecule has 0 spiro atoms. The fourth-order valence-corrected chi connectivity index (χ4v) is 5.17. The number of fused-ring (bicyclic) bond motifs is 1. The van der Waals surface area contributed by atoms with Crippen LogP contribution < -0.4 is 21.5 Å². The van der Waals surface area contributed by atoms with Gasteiger partial charge in [0.15, 0.2) is 0 Å². The Bertz CT molecular complexity index is 1320. The van der Waals surface area contributed by atoms with E-state index in [1.807, 2.05) is 20.8 Å². The number of hydrogen-bond acceptors (Lipinski definition) is 7. The lowest BCUT2D eigenvalue weighted by atomic mass is 9.84. The molecule has 1 aliphatic carbocycles. The molecule has 4 amide bonds. The summed E-state index contributed by atoms with van der Waals surface area (Å²) in [6, 6.07) is 4.19. The third kappa shape index (κ3) is 6.38. The minimum atomic E-state index is -0.810. The second kappa shape index (κ2) is 10.9. The number of hydrogen-bond donors (Lipinski definition) is 3. The van der Waals surface area contributed by atoms with E-state index in [1.165, 1.54) is 4.57 Å². The predicted octanol–water partition coefficient (Wildman–Crippen LogP) is 3.09. The van der Waals surface area contributed by atoms with Crippen molar-refractivity contribution in [2.45, 2.75) is 90.3 Å². The van der Waals surface area contributed by atoms with Crippen LogP contribution in [-0.4, -0.2) is 45.0 Å². The molecule has 1 aliphatic heterocycles. The van der Waals surface area contributed by atoms with E-state index in [1.54, 1.807) is 25.1 Å². The van der Waals surface area contributed by atoms with Gasteiger partial charge in [0.2, 0.25) is 17.7 Å². The molecular formula is C27H35N5O6. The number of carbonyl (C=O) groups excluding carboxylic acids is 4. The van der Waals surface area contributed by atoms with Crippen molar-refractivity contribution in [3.8, 4) is 0 Å². The van der Waals surface area contributed by atoms with E-state index >= 15 is 0 Å². The molecule has 1 saturated heterocycles. The van der Waals surface area contributed by atoms with Gasteiger partial charge >= 0.3 is 6.09 Å². The van der Waals surface area contributed by atoms with Gasteiger partial charge in [0.05, 0.1) is 11.1 Å². The largest absolute Gasteiger partial charge is 0.444 e. The maximum absolute atomic E-state index is 13.3. The quantitative estimate of drug-likeness (QED) is 0.508. The Kier molecular flexibility index (Phi) is 7.84. The standard InChI is InChI=1S/C27H35N5O6/c1-15-28-23-18(25(36)32(15)20-12-13-21(33)31-24(20)35)6-5-7-19(23)30-22(34)14-16-8-10-17(11-9-16)29-26(37)38-27(2,3)4/h5-7,16-17,20H,8-14H2,1-4H3,(H,29,37)(H,30,34)(H,31,33,35). The molecule has 1 aromatic heterocycles. The molecule has 204 valence electrons. The lowest BCUT2D eigenvalue weighted by Gasteiger charge is -2.29. The van der Waals surface area contributed by atoms with E-state index in [2.05, 4.69) is 20.9 Å². The Morgan fingerprint density at radius 2 is 1.82 bits per heavy atom. The molecule has 2 aromatic rings. The van der Waals surface area contributed by atoms with Crippen molar-refractivity contribution in [1.29, 1.82) is 0 Å². The van der Waals surface area contributed by atoms with Crippen molar-refractivity contribution in [2.24, 2.45) is 5.92 Å². The molecule has 1 atom stereocenters. The molecule has 11 nitrogen and oxygen atoms in total. The van der Waals surface area contributed by atoms with Crippen molar-refractivity contribution in [3.05, 3.63) is 34.4 Å². The van der Waals surface area contributed by atoms with Crippen LogP contribution in [0.4, 0.5) is 10.5 Å². The van der Waals surface area contributed by atoms with Gasteiger partial charge in [-0.1, -0.05) is 6.07 Å². The van der Waals surface area contributed by atoms with Gasteiger partial charge in [-0.3, -0.25) is 29.1 Å². The number of imide groups is 1. The molecule has 4 rings (SSSR count). The molecular weight excluding hydrogens is 490 g/mol. The highest BCUT2D eigenvalue weighted by atomic mass is 16.6. The summed E-state index contributed by atoms with van der Waals surface area (Å²) in [7, 11) is 0. The number of alkyl carbamates (subject to hydrolysis) is 1. The maximum atomic E-state index is 13.3. The molecule has 2 fully saturated rings.